The lowest BCUT2D eigenvalue weighted by atomic mass is 10.0. The molecule has 0 atom stereocenters. The molecule has 0 saturated carbocycles. The van der Waals surface area contributed by atoms with Crippen LogP contribution >= 0.6 is 11.8 Å². The minimum absolute atomic E-state index is 0.0568. The van der Waals surface area contributed by atoms with Crippen LogP contribution in [0.15, 0.2) is 59.6 Å². The molecule has 42 heavy (non-hydrogen) atoms. The van der Waals surface area contributed by atoms with Crippen LogP contribution in [0, 0.1) is 21.7 Å². The Kier molecular flexibility index (Phi) is 14.4. The number of aliphatic imine (C=N–C) groups is 1. The van der Waals surface area contributed by atoms with Crippen LogP contribution in [0.4, 0.5) is 20.2 Å². The molecule has 2 aromatic rings. The first-order chi connectivity index (χ1) is 20.0. The van der Waals surface area contributed by atoms with Crippen LogP contribution in [0.25, 0.3) is 0 Å². The number of nitro groups is 1. The van der Waals surface area contributed by atoms with Gasteiger partial charge in [-0.1, -0.05) is 11.8 Å². The number of nitro benzene ring substituents is 1. The van der Waals surface area contributed by atoms with E-state index in [1.165, 1.54) is 18.2 Å². The molecule has 0 aromatic heterocycles. The summed E-state index contributed by atoms with van der Waals surface area (Å²) in [5.41, 5.74) is 0.756. The van der Waals surface area contributed by atoms with Crippen molar-refractivity contribution in [3.8, 4) is 5.75 Å². The SMILES string of the molecule is CS/C(=N\c1ccc([N+](=O)[O-])cc1)N(C)C1CCN(CCCCOc2ccc(F)c(F)c2)CC1.O=C(O)/C=C/C(=O)O. The quantitative estimate of drug-likeness (QED) is 0.0873. The van der Waals surface area contributed by atoms with E-state index in [-0.39, 0.29) is 5.69 Å². The van der Waals surface area contributed by atoms with Crippen LogP contribution in [0.3, 0.4) is 0 Å². The Morgan fingerprint density at radius 2 is 1.71 bits per heavy atom. The fourth-order valence-corrected chi connectivity index (χ4v) is 4.68. The highest BCUT2D eigenvalue weighted by atomic mass is 32.2. The van der Waals surface area contributed by atoms with Gasteiger partial charge in [-0.05, 0) is 62.7 Å². The Bertz CT molecular complexity index is 1240. The van der Waals surface area contributed by atoms with Crippen LogP contribution in [-0.2, 0) is 9.59 Å². The number of nitrogens with zero attached hydrogens (tertiary/aromatic N) is 4. The van der Waals surface area contributed by atoms with Crippen molar-refractivity contribution in [3.63, 3.8) is 0 Å². The minimum atomic E-state index is -1.26. The molecule has 0 unspecified atom stereocenters. The fraction of sp³-hybridized carbons (Fsp3) is 0.393. The second-order valence-corrected chi connectivity index (χ2v) is 9.97. The Labute approximate surface area is 246 Å². The molecule has 1 aliphatic rings. The Morgan fingerprint density at radius 1 is 1.10 bits per heavy atom. The maximum atomic E-state index is 13.2. The van der Waals surface area contributed by atoms with Crippen molar-refractivity contribution >= 4 is 40.2 Å². The average molecular weight is 609 g/mol. The maximum absolute atomic E-state index is 13.2. The summed E-state index contributed by atoms with van der Waals surface area (Å²) in [5.74, 6) is -3.93. The molecule has 2 N–H and O–H groups in total. The highest BCUT2D eigenvalue weighted by molar-refractivity contribution is 8.13. The van der Waals surface area contributed by atoms with E-state index in [9.17, 15) is 28.5 Å². The number of carbonyl (C=O) groups is 2. The fourth-order valence-electron chi connectivity index (χ4n) is 4.05. The van der Waals surface area contributed by atoms with Gasteiger partial charge in [0.25, 0.3) is 5.69 Å². The van der Waals surface area contributed by atoms with Gasteiger partial charge >= 0.3 is 11.9 Å². The summed E-state index contributed by atoms with van der Waals surface area (Å²) in [6.07, 6.45) is 6.98. The van der Waals surface area contributed by atoms with Gasteiger partial charge in [0.2, 0.25) is 0 Å². The Balaban J connectivity index is 0.000000675. The van der Waals surface area contributed by atoms with Gasteiger partial charge in [0, 0.05) is 56.5 Å². The number of rotatable bonds is 11. The lowest BCUT2D eigenvalue weighted by Crippen LogP contribution is -2.45. The van der Waals surface area contributed by atoms with Crippen LogP contribution in [0.2, 0.25) is 0 Å². The van der Waals surface area contributed by atoms with Crippen molar-refractivity contribution < 1.29 is 38.2 Å². The smallest absolute Gasteiger partial charge is 0.328 e. The third kappa shape index (κ3) is 12.2. The van der Waals surface area contributed by atoms with Gasteiger partial charge in [0.15, 0.2) is 16.8 Å². The third-order valence-corrected chi connectivity index (χ3v) is 7.02. The van der Waals surface area contributed by atoms with Crippen molar-refractivity contribution in [1.82, 2.24) is 9.80 Å². The van der Waals surface area contributed by atoms with Gasteiger partial charge in [-0.2, -0.15) is 0 Å². The number of thioether (sulfide) groups is 1. The number of unbranched alkanes of at least 4 members (excludes halogenated alkanes) is 1. The molecule has 1 saturated heterocycles. The summed E-state index contributed by atoms with van der Waals surface area (Å²) >= 11 is 1.57. The molecular weight excluding hydrogens is 574 g/mol. The lowest BCUT2D eigenvalue weighted by molar-refractivity contribution is -0.384. The summed E-state index contributed by atoms with van der Waals surface area (Å²) in [5, 5.41) is 27.3. The van der Waals surface area contributed by atoms with E-state index in [0.29, 0.717) is 36.2 Å². The first-order valence-electron chi connectivity index (χ1n) is 13.0. The molecule has 3 rings (SSSR count). The Hall–Kier alpha value is -4.04. The average Bonchev–Trinajstić information content (AvgIpc) is 2.97. The number of ether oxygens (including phenoxy) is 1. The van der Waals surface area contributed by atoms with Crippen molar-refractivity contribution in [2.24, 2.45) is 4.99 Å². The van der Waals surface area contributed by atoms with Gasteiger partial charge in [-0.25, -0.2) is 23.4 Å². The number of likely N-dealkylation sites (tertiary alicyclic amines) is 1. The van der Waals surface area contributed by atoms with Crippen LogP contribution in [0.1, 0.15) is 25.7 Å². The number of carboxylic acid groups (broad SMARTS) is 2. The highest BCUT2D eigenvalue weighted by Gasteiger charge is 2.24. The maximum Gasteiger partial charge on any atom is 0.328 e. The molecule has 1 fully saturated rings. The van der Waals surface area contributed by atoms with Crippen molar-refractivity contribution in [2.75, 3.05) is 39.5 Å². The molecule has 11 nitrogen and oxygen atoms in total. The van der Waals surface area contributed by atoms with E-state index >= 15 is 0 Å². The highest BCUT2D eigenvalue weighted by Crippen LogP contribution is 2.24. The number of aliphatic carboxylic acids is 2. The van der Waals surface area contributed by atoms with Gasteiger partial charge in [-0.3, -0.25) is 10.1 Å². The van der Waals surface area contributed by atoms with E-state index in [0.717, 1.165) is 62.6 Å². The number of piperidine rings is 1. The molecule has 0 radical (unpaired) electrons. The topological polar surface area (TPSA) is 146 Å². The molecule has 1 aliphatic heterocycles. The second-order valence-electron chi connectivity index (χ2n) is 9.20. The summed E-state index contributed by atoms with van der Waals surface area (Å²) < 4.78 is 31.7. The van der Waals surface area contributed by atoms with Gasteiger partial charge in [-0.15, -0.1) is 0 Å². The number of benzene rings is 2. The second kappa shape index (κ2) is 17.7. The molecule has 2 aromatic carbocycles. The summed E-state index contributed by atoms with van der Waals surface area (Å²) in [6, 6.07) is 10.2. The number of amidine groups is 1. The van der Waals surface area contributed by atoms with E-state index < -0.39 is 28.5 Å². The number of hydrogen-bond donors (Lipinski definition) is 2. The van der Waals surface area contributed by atoms with Gasteiger partial charge < -0.3 is 24.7 Å². The zero-order valence-electron chi connectivity index (χ0n) is 23.3. The number of halogens is 2. The van der Waals surface area contributed by atoms with Crippen LogP contribution in [0.5, 0.6) is 5.75 Å². The Morgan fingerprint density at radius 3 is 2.24 bits per heavy atom. The van der Waals surface area contributed by atoms with E-state index in [2.05, 4.69) is 21.8 Å². The molecule has 228 valence electrons. The summed E-state index contributed by atoms with van der Waals surface area (Å²) in [4.78, 5) is 38.9. The van der Waals surface area contributed by atoms with Crippen LogP contribution < -0.4 is 4.74 Å². The van der Waals surface area contributed by atoms with Crippen molar-refractivity contribution in [1.29, 1.82) is 0 Å². The van der Waals surface area contributed by atoms with Gasteiger partial charge in [0.05, 0.1) is 17.2 Å². The largest absolute Gasteiger partial charge is 0.493 e. The molecule has 0 bridgehead atoms. The van der Waals surface area contributed by atoms with E-state index in [4.69, 9.17) is 14.9 Å². The summed E-state index contributed by atoms with van der Waals surface area (Å²) in [6.45, 7) is 3.45. The standard InChI is InChI=1S/C24H30F2N4O3S.C4H4O4/c1-28(24(34-2)27-18-5-7-20(8-6-18)30(31)32)19-11-14-29(15-12-19)13-3-4-16-33-21-9-10-22(25)23(26)17-21;5-3(6)1-2-4(7)8/h5-10,17,19H,3-4,11-16H2,1-2H3;1-2H,(H,5,6)(H,7,8)/b27-24-;2-1+. The zero-order valence-corrected chi connectivity index (χ0v) is 24.1. The van der Waals surface area contributed by atoms with E-state index in [1.54, 1.807) is 23.9 Å². The lowest BCUT2D eigenvalue weighted by Gasteiger charge is -2.37. The monoisotopic (exact) mass is 608 g/mol. The summed E-state index contributed by atoms with van der Waals surface area (Å²) in [7, 11) is 2.05. The first-order valence-corrected chi connectivity index (χ1v) is 14.3. The normalized spacial score (nSPS) is 14.2. The van der Waals surface area contributed by atoms with Crippen molar-refractivity contribution in [2.45, 2.75) is 31.7 Å². The minimum Gasteiger partial charge on any atom is -0.493 e. The first kappa shape index (κ1) is 34.2. The molecule has 0 spiro atoms. The number of non-ortho nitro benzene ring substituents is 1. The third-order valence-electron chi connectivity index (χ3n) is 6.27. The number of carboxylic acids is 2. The predicted molar refractivity (Wildman–Crippen MR) is 156 cm³/mol. The number of hydrogen-bond acceptors (Lipinski definition) is 8. The molecule has 1 heterocycles. The predicted octanol–water partition coefficient (Wildman–Crippen LogP) is 5.19. The van der Waals surface area contributed by atoms with Crippen molar-refractivity contribution in [3.05, 3.63) is 76.4 Å². The zero-order chi connectivity index (χ0) is 31.1. The molecule has 0 amide bonds. The molecular formula is C28H34F2N4O7S. The van der Waals surface area contributed by atoms with Crippen LogP contribution in [-0.4, -0.2) is 87.6 Å². The van der Waals surface area contributed by atoms with E-state index in [1.807, 2.05) is 6.26 Å². The molecule has 14 heteroatoms. The molecule has 0 aliphatic carbocycles. The van der Waals surface area contributed by atoms with Gasteiger partial charge in [0.1, 0.15) is 5.75 Å².